The number of benzene rings is 1. The monoisotopic (exact) mass is 346 g/mol. The van der Waals surface area contributed by atoms with Crippen LogP contribution in [0, 0.1) is 11.7 Å². The van der Waals surface area contributed by atoms with Gasteiger partial charge >= 0.3 is 0 Å². The zero-order valence-electron chi connectivity index (χ0n) is 11.8. The lowest BCUT2D eigenvalue weighted by Crippen LogP contribution is -2.32. The Morgan fingerprint density at radius 1 is 1.55 bits per heavy atom. The molecule has 2 rings (SSSR count). The molecular weight excluding hydrogens is 331 g/mol. The zero-order valence-corrected chi connectivity index (χ0v) is 13.3. The van der Waals surface area contributed by atoms with E-state index in [-0.39, 0.29) is 23.0 Å². The molecular formula is C14H16ClFN2O3S. The first-order chi connectivity index (χ1) is 10.3. The molecule has 120 valence electrons. The lowest BCUT2D eigenvalue weighted by Gasteiger charge is -2.17. The standard InChI is InChI=1S/C14H16ClFN2O3S/c1-2-22(20,21)17-8-10-6-7-18(9-10)14(19)13-11(15)4-3-5-12(13)16/h2-5,10,17H,1,6-9H2. The second-order valence-electron chi connectivity index (χ2n) is 5.06. The maximum absolute atomic E-state index is 13.8. The van der Waals surface area contributed by atoms with Gasteiger partial charge in [0.2, 0.25) is 10.0 Å². The molecule has 0 radical (unpaired) electrons. The molecule has 1 aromatic carbocycles. The molecule has 0 saturated carbocycles. The van der Waals surface area contributed by atoms with Crippen molar-refractivity contribution in [2.45, 2.75) is 6.42 Å². The van der Waals surface area contributed by atoms with Crippen LogP contribution < -0.4 is 4.72 Å². The molecule has 8 heteroatoms. The normalized spacial score (nSPS) is 18.5. The molecule has 1 N–H and O–H groups in total. The van der Waals surface area contributed by atoms with Crippen molar-refractivity contribution in [1.29, 1.82) is 0 Å². The summed E-state index contributed by atoms with van der Waals surface area (Å²) in [5.41, 5.74) is -0.142. The second kappa shape index (κ2) is 6.76. The topological polar surface area (TPSA) is 66.5 Å². The molecule has 1 saturated heterocycles. The lowest BCUT2D eigenvalue weighted by molar-refractivity contribution is 0.0783. The van der Waals surface area contributed by atoms with E-state index in [4.69, 9.17) is 11.6 Å². The quantitative estimate of drug-likeness (QED) is 0.886. The van der Waals surface area contributed by atoms with Gasteiger partial charge in [-0.3, -0.25) is 4.79 Å². The number of sulfonamides is 1. The molecule has 1 unspecified atom stereocenters. The third-order valence-corrected chi connectivity index (χ3v) is 4.87. The summed E-state index contributed by atoms with van der Waals surface area (Å²) in [5.74, 6) is -1.16. The van der Waals surface area contributed by atoms with Gasteiger partial charge in [-0.1, -0.05) is 24.2 Å². The van der Waals surface area contributed by atoms with Crippen LogP contribution in [-0.2, 0) is 10.0 Å². The molecule has 1 aliphatic heterocycles. The molecule has 1 fully saturated rings. The molecule has 1 atom stereocenters. The van der Waals surface area contributed by atoms with Crippen molar-refractivity contribution in [2.75, 3.05) is 19.6 Å². The number of nitrogens with one attached hydrogen (secondary N) is 1. The summed E-state index contributed by atoms with van der Waals surface area (Å²) in [6, 6.07) is 4.08. The zero-order chi connectivity index (χ0) is 16.3. The minimum Gasteiger partial charge on any atom is -0.338 e. The highest BCUT2D eigenvalue weighted by Gasteiger charge is 2.29. The van der Waals surface area contributed by atoms with Crippen molar-refractivity contribution in [3.63, 3.8) is 0 Å². The minimum atomic E-state index is -3.48. The SMILES string of the molecule is C=CS(=O)(=O)NCC1CCN(C(=O)c2c(F)cccc2Cl)C1. The average Bonchev–Trinajstić information content (AvgIpc) is 2.94. The highest BCUT2D eigenvalue weighted by Crippen LogP contribution is 2.24. The third-order valence-electron chi connectivity index (χ3n) is 3.54. The van der Waals surface area contributed by atoms with Gasteiger partial charge in [0.05, 0.1) is 10.6 Å². The van der Waals surface area contributed by atoms with Gasteiger partial charge in [0.15, 0.2) is 0 Å². The minimum absolute atomic E-state index is 0.0239. The van der Waals surface area contributed by atoms with E-state index in [1.165, 1.54) is 23.1 Å². The van der Waals surface area contributed by atoms with E-state index in [0.29, 0.717) is 19.5 Å². The number of carbonyl (C=O) groups is 1. The fourth-order valence-electron chi connectivity index (χ4n) is 2.34. The maximum atomic E-state index is 13.8. The Morgan fingerprint density at radius 3 is 2.91 bits per heavy atom. The van der Waals surface area contributed by atoms with E-state index in [0.717, 1.165) is 5.41 Å². The summed E-state index contributed by atoms with van der Waals surface area (Å²) in [4.78, 5) is 13.8. The number of likely N-dealkylation sites (tertiary alicyclic amines) is 1. The van der Waals surface area contributed by atoms with Crippen LogP contribution in [0.4, 0.5) is 4.39 Å². The number of hydrogen-bond acceptors (Lipinski definition) is 3. The number of hydrogen-bond donors (Lipinski definition) is 1. The molecule has 0 spiro atoms. The highest BCUT2D eigenvalue weighted by molar-refractivity contribution is 7.92. The molecule has 5 nitrogen and oxygen atoms in total. The second-order valence-corrected chi connectivity index (χ2v) is 7.18. The Balaban J connectivity index is 2.01. The van der Waals surface area contributed by atoms with E-state index >= 15 is 0 Å². The van der Waals surface area contributed by atoms with E-state index in [1.807, 2.05) is 0 Å². The van der Waals surface area contributed by atoms with Crippen molar-refractivity contribution < 1.29 is 17.6 Å². The van der Waals surface area contributed by atoms with Crippen LogP contribution in [0.1, 0.15) is 16.8 Å². The van der Waals surface area contributed by atoms with Crippen LogP contribution in [0.25, 0.3) is 0 Å². The Bertz CT molecular complexity index is 673. The van der Waals surface area contributed by atoms with Gasteiger partial charge in [-0.15, -0.1) is 0 Å². The number of carbonyl (C=O) groups excluding carboxylic acids is 1. The van der Waals surface area contributed by atoms with Crippen molar-refractivity contribution in [3.05, 3.63) is 46.6 Å². The van der Waals surface area contributed by atoms with Gasteiger partial charge in [-0.2, -0.15) is 0 Å². The number of rotatable bonds is 5. The fourth-order valence-corrected chi connectivity index (χ4v) is 3.17. The van der Waals surface area contributed by atoms with E-state index in [2.05, 4.69) is 11.3 Å². The Morgan fingerprint density at radius 2 is 2.27 bits per heavy atom. The summed E-state index contributed by atoms with van der Waals surface area (Å²) >= 11 is 5.89. The summed E-state index contributed by atoms with van der Waals surface area (Å²) in [7, 11) is -3.48. The van der Waals surface area contributed by atoms with Gasteiger partial charge < -0.3 is 4.90 Å². The van der Waals surface area contributed by atoms with Crippen molar-refractivity contribution >= 4 is 27.5 Å². The largest absolute Gasteiger partial charge is 0.338 e. The number of halogens is 2. The molecule has 1 heterocycles. The Hall–Kier alpha value is -1.44. The molecule has 0 bridgehead atoms. The first-order valence-corrected chi connectivity index (χ1v) is 8.62. The van der Waals surface area contributed by atoms with Crippen molar-refractivity contribution in [2.24, 2.45) is 5.92 Å². The Labute approximate surface area is 133 Å². The molecule has 0 aliphatic carbocycles. The molecule has 1 aromatic rings. The first-order valence-electron chi connectivity index (χ1n) is 6.69. The van der Waals surface area contributed by atoms with Gasteiger partial charge in [0, 0.05) is 25.0 Å². The smallest absolute Gasteiger partial charge is 0.258 e. The molecule has 0 aromatic heterocycles. The molecule has 1 amide bonds. The van der Waals surface area contributed by atoms with Crippen LogP contribution in [0.15, 0.2) is 30.2 Å². The van der Waals surface area contributed by atoms with Gasteiger partial charge in [-0.05, 0) is 24.5 Å². The van der Waals surface area contributed by atoms with Gasteiger partial charge in [0.25, 0.3) is 5.91 Å². The highest BCUT2D eigenvalue weighted by atomic mass is 35.5. The first kappa shape index (κ1) is 16.9. The predicted octanol–water partition coefficient (Wildman–Crippen LogP) is 2.00. The maximum Gasteiger partial charge on any atom is 0.258 e. The van der Waals surface area contributed by atoms with Crippen LogP contribution in [0.5, 0.6) is 0 Å². The number of amides is 1. The van der Waals surface area contributed by atoms with Crippen LogP contribution >= 0.6 is 11.6 Å². The fraction of sp³-hybridized carbons (Fsp3) is 0.357. The van der Waals surface area contributed by atoms with Crippen LogP contribution in [0.2, 0.25) is 5.02 Å². The average molecular weight is 347 g/mol. The van der Waals surface area contributed by atoms with Gasteiger partial charge in [0.1, 0.15) is 5.82 Å². The van der Waals surface area contributed by atoms with Crippen LogP contribution in [-0.4, -0.2) is 38.9 Å². The summed E-state index contributed by atoms with van der Waals surface area (Å²) in [6.07, 6.45) is 0.636. The third kappa shape index (κ3) is 3.85. The summed E-state index contributed by atoms with van der Waals surface area (Å²) in [6.45, 7) is 4.20. The van der Waals surface area contributed by atoms with E-state index in [1.54, 1.807) is 0 Å². The number of nitrogens with zero attached hydrogens (tertiary/aromatic N) is 1. The molecule has 22 heavy (non-hydrogen) atoms. The summed E-state index contributed by atoms with van der Waals surface area (Å²) in [5, 5.41) is 0.907. The van der Waals surface area contributed by atoms with Gasteiger partial charge in [-0.25, -0.2) is 17.5 Å². The summed E-state index contributed by atoms with van der Waals surface area (Å²) < 4.78 is 38.8. The van der Waals surface area contributed by atoms with Crippen molar-refractivity contribution in [1.82, 2.24) is 9.62 Å². The molecule has 1 aliphatic rings. The lowest BCUT2D eigenvalue weighted by atomic mass is 10.1. The Kier molecular flexibility index (Phi) is 5.20. The van der Waals surface area contributed by atoms with E-state index < -0.39 is 21.7 Å². The van der Waals surface area contributed by atoms with E-state index in [9.17, 15) is 17.6 Å². The van der Waals surface area contributed by atoms with Crippen LogP contribution in [0.3, 0.4) is 0 Å². The predicted molar refractivity (Wildman–Crippen MR) is 82.5 cm³/mol. The van der Waals surface area contributed by atoms with Crippen molar-refractivity contribution in [3.8, 4) is 0 Å².